The maximum absolute atomic E-state index is 12.6. The van der Waals surface area contributed by atoms with E-state index < -0.39 is 11.3 Å². The number of esters is 1. The first-order chi connectivity index (χ1) is 11.1. The van der Waals surface area contributed by atoms with Gasteiger partial charge in [0.15, 0.2) is 0 Å². The first-order valence-electron chi connectivity index (χ1n) is 7.82. The number of benzene rings is 1. The molecule has 1 fully saturated rings. The van der Waals surface area contributed by atoms with Crippen LogP contribution in [0.25, 0.3) is 0 Å². The van der Waals surface area contributed by atoms with Crippen molar-refractivity contribution in [1.29, 1.82) is 0 Å². The Bertz CT molecular complexity index is 527. The summed E-state index contributed by atoms with van der Waals surface area (Å²) >= 11 is 0. The summed E-state index contributed by atoms with van der Waals surface area (Å²) in [6, 6.07) is 9.28. The summed E-state index contributed by atoms with van der Waals surface area (Å²) in [5, 5.41) is 2.88. The zero-order chi connectivity index (χ0) is 16.7. The van der Waals surface area contributed by atoms with E-state index in [9.17, 15) is 9.59 Å². The highest BCUT2D eigenvalue weighted by molar-refractivity contribution is 5.84. The van der Waals surface area contributed by atoms with Crippen molar-refractivity contribution in [3.05, 3.63) is 35.9 Å². The molecule has 1 aliphatic heterocycles. The number of carbonyl (C=O) groups is 2. The molecule has 1 saturated heterocycles. The third-order valence-electron chi connectivity index (χ3n) is 4.48. The molecule has 6 heteroatoms. The topological polar surface area (TPSA) is 90.7 Å². The number of nitrogens with one attached hydrogen (secondary N) is 1. The summed E-state index contributed by atoms with van der Waals surface area (Å²) in [4.78, 5) is 24.6. The molecule has 0 spiro atoms. The van der Waals surface area contributed by atoms with Crippen LogP contribution in [0, 0.1) is 5.41 Å². The van der Waals surface area contributed by atoms with Gasteiger partial charge in [0.2, 0.25) is 5.91 Å². The van der Waals surface area contributed by atoms with Gasteiger partial charge in [0.25, 0.3) is 0 Å². The summed E-state index contributed by atoms with van der Waals surface area (Å²) < 4.78 is 10.2. The average molecular weight is 320 g/mol. The third-order valence-corrected chi connectivity index (χ3v) is 4.48. The van der Waals surface area contributed by atoms with Gasteiger partial charge in [-0.05, 0) is 18.4 Å². The molecule has 6 nitrogen and oxygen atoms in total. The third kappa shape index (κ3) is 4.09. The van der Waals surface area contributed by atoms with Crippen LogP contribution in [0.5, 0.6) is 0 Å². The highest BCUT2D eigenvalue weighted by atomic mass is 16.5. The molecule has 23 heavy (non-hydrogen) atoms. The number of amides is 1. The van der Waals surface area contributed by atoms with Gasteiger partial charge < -0.3 is 20.5 Å². The number of carbonyl (C=O) groups excluding carboxylic acids is 2. The van der Waals surface area contributed by atoms with Gasteiger partial charge in [-0.2, -0.15) is 0 Å². The number of ether oxygens (including phenoxy) is 2. The smallest absolute Gasteiger partial charge is 0.314 e. The predicted octanol–water partition coefficient (Wildman–Crippen LogP) is 0.815. The van der Waals surface area contributed by atoms with E-state index in [1.807, 2.05) is 30.3 Å². The van der Waals surface area contributed by atoms with E-state index in [1.165, 1.54) is 7.11 Å². The lowest BCUT2D eigenvalue weighted by Crippen LogP contribution is -2.50. The van der Waals surface area contributed by atoms with E-state index >= 15 is 0 Å². The predicted molar refractivity (Wildman–Crippen MR) is 85.7 cm³/mol. The lowest BCUT2D eigenvalue weighted by atomic mass is 9.79. The highest BCUT2D eigenvalue weighted by Gasteiger charge is 2.39. The summed E-state index contributed by atoms with van der Waals surface area (Å²) in [5.74, 6) is -1.02. The molecule has 1 amide bonds. The summed E-state index contributed by atoms with van der Waals surface area (Å²) in [6.45, 7) is 1.53. The Morgan fingerprint density at radius 3 is 2.52 bits per heavy atom. The lowest BCUT2D eigenvalue weighted by Gasteiger charge is -2.34. The maximum Gasteiger partial charge on any atom is 0.314 e. The quantitative estimate of drug-likeness (QED) is 0.757. The molecular weight excluding hydrogens is 296 g/mol. The Morgan fingerprint density at radius 1 is 1.30 bits per heavy atom. The normalized spacial score (nSPS) is 18.0. The SMILES string of the molecule is COC(=O)C(CNC(=O)C1(CN)CCOCC1)c1ccccc1. The average Bonchev–Trinajstić information content (AvgIpc) is 2.62. The van der Waals surface area contributed by atoms with Gasteiger partial charge in [0.05, 0.1) is 18.4 Å². The van der Waals surface area contributed by atoms with Crippen LogP contribution >= 0.6 is 0 Å². The minimum Gasteiger partial charge on any atom is -0.468 e. The molecule has 1 heterocycles. The van der Waals surface area contributed by atoms with Crippen LogP contribution < -0.4 is 11.1 Å². The molecule has 126 valence electrons. The Kier molecular flexibility index (Phi) is 6.12. The van der Waals surface area contributed by atoms with Gasteiger partial charge in [-0.25, -0.2) is 0 Å². The van der Waals surface area contributed by atoms with Crippen LogP contribution in [0.3, 0.4) is 0 Å². The van der Waals surface area contributed by atoms with Crippen LogP contribution in [0.1, 0.15) is 24.3 Å². The van der Waals surface area contributed by atoms with Crippen molar-refractivity contribution >= 4 is 11.9 Å². The highest BCUT2D eigenvalue weighted by Crippen LogP contribution is 2.29. The van der Waals surface area contributed by atoms with Crippen LogP contribution in [-0.4, -0.2) is 45.3 Å². The summed E-state index contributed by atoms with van der Waals surface area (Å²) in [7, 11) is 1.35. The largest absolute Gasteiger partial charge is 0.468 e. The first kappa shape index (κ1) is 17.4. The minimum atomic E-state index is -0.602. The van der Waals surface area contributed by atoms with Crippen LogP contribution in [0.2, 0.25) is 0 Å². The molecule has 0 aliphatic carbocycles. The van der Waals surface area contributed by atoms with Crippen molar-refractivity contribution in [1.82, 2.24) is 5.32 Å². The molecule has 0 bridgehead atoms. The number of hydrogen-bond acceptors (Lipinski definition) is 5. The summed E-state index contributed by atoms with van der Waals surface area (Å²) in [5.41, 5.74) is 6.05. The maximum atomic E-state index is 12.6. The van der Waals surface area contributed by atoms with Gasteiger partial charge >= 0.3 is 5.97 Å². The van der Waals surface area contributed by atoms with Gasteiger partial charge in [-0.15, -0.1) is 0 Å². The molecule has 0 aromatic heterocycles. The zero-order valence-electron chi connectivity index (χ0n) is 13.4. The van der Waals surface area contributed by atoms with Crippen molar-refractivity contribution in [2.75, 3.05) is 33.4 Å². The number of hydrogen-bond donors (Lipinski definition) is 2. The standard InChI is InChI=1S/C17H24N2O4/c1-22-15(20)14(13-5-3-2-4-6-13)11-19-16(21)17(12-18)7-9-23-10-8-17/h2-6,14H,7-12,18H2,1H3,(H,19,21). The zero-order valence-corrected chi connectivity index (χ0v) is 13.4. The molecule has 1 atom stereocenters. The second kappa shape index (κ2) is 8.08. The van der Waals surface area contributed by atoms with Crippen molar-refractivity contribution in [2.24, 2.45) is 11.1 Å². The van der Waals surface area contributed by atoms with Crippen molar-refractivity contribution in [2.45, 2.75) is 18.8 Å². The number of rotatable bonds is 6. The van der Waals surface area contributed by atoms with Gasteiger partial charge in [0, 0.05) is 26.3 Å². The molecule has 3 N–H and O–H groups in total. The second-order valence-electron chi connectivity index (χ2n) is 5.79. The van der Waals surface area contributed by atoms with Crippen LogP contribution in [-0.2, 0) is 19.1 Å². The molecule has 1 aromatic carbocycles. The molecular formula is C17H24N2O4. The fourth-order valence-corrected chi connectivity index (χ4v) is 2.83. The molecule has 1 aliphatic rings. The van der Waals surface area contributed by atoms with E-state index in [2.05, 4.69) is 5.32 Å². The van der Waals surface area contributed by atoms with E-state index in [0.717, 1.165) is 5.56 Å². The number of methoxy groups -OCH3 is 1. The van der Waals surface area contributed by atoms with Crippen molar-refractivity contribution in [3.63, 3.8) is 0 Å². The molecule has 1 aromatic rings. The van der Waals surface area contributed by atoms with Crippen LogP contribution in [0.4, 0.5) is 0 Å². The van der Waals surface area contributed by atoms with Crippen molar-refractivity contribution < 1.29 is 19.1 Å². The van der Waals surface area contributed by atoms with E-state index in [1.54, 1.807) is 0 Å². The minimum absolute atomic E-state index is 0.117. The van der Waals surface area contributed by atoms with Crippen LogP contribution in [0.15, 0.2) is 30.3 Å². The van der Waals surface area contributed by atoms with Gasteiger partial charge in [0.1, 0.15) is 0 Å². The fourth-order valence-electron chi connectivity index (χ4n) is 2.83. The van der Waals surface area contributed by atoms with Gasteiger partial charge in [-0.1, -0.05) is 30.3 Å². The van der Waals surface area contributed by atoms with Crippen molar-refractivity contribution in [3.8, 4) is 0 Å². The molecule has 2 rings (SSSR count). The monoisotopic (exact) mass is 320 g/mol. The molecule has 0 radical (unpaired) electrons. The Hall–Kier alpha value is -1.92. The molecule has 1 unspecified atom stereocenters. The molecule has 0 saturated carbocycles. The fraction of sp³-hybridized carbons (Fsp3) is 0.529. The number of nitrogens with two attached hydrogens (primary N) is 1. The van der Waals surface area contributed by atoms with Gasteiger partial charge in [-0.3, -0.25) is 9.59 Å². The summed E-state index contributed by atoms with van der Waals surface area (Å²) in [6.07, 6.45) is 1.20. The lowest BCUT2D eigenvalue weighted by molar-refractivity contribution is -0.142. The van der Waals surface area contributed by atoms with E-state index in [-0.39, 0.29) is 25.0 Å². The Morgan fingerprint density at radius 2 is 1.96 bits per heavy atom. The Balaban J connectivity index is 2.06. The second-order valence-corrected chi connectivity index (χ2v) is 5.79. The first-order valence-corrected chi connectivity index (χ1v) is 7.82. The Labute approximate surface area is 136 Å². The van der Waals surface area contributed by atoms with E-state index in [0.29, 0.717) is 26.1 Å². The van der Waals surface area contributed by atoms with E-state index in [4.69, 9.17) is 15.2 Å².